The predicted octanol–water partition coefficient (Wildman–Crippen LogP) is 3.86. The molecule has 110 valence electrons. The summed E-state index contributed by atoms with van der Waals surface area (Å²) in [5, 5.41) is 3.49. The molecule has 1 nitrogen and oxygen atoms in total. The Hall–Kier alpha value is -1.60. The lowest BCUT2D eigenvalue weighted by Crippen LogP contribution is -2.30. The maximum atomic E-state index is 3.49. The van der Waals surface area contributed by atoms with Crippen LogP contribution in [-0.4, -0.2) is 13.1 Å². The highest BCUT2D eigenvalue weighted by Gasteiger charge is 2.13. The van der Waals surface area contributed by atoms with Crippen LogP contribution in [0, 0.1) is 6.92 Å². The van der Waals surface area contributed by atoms with E-state index in [2.05, 4.69) is 61.8 Å². The maximum Gasteiger partial charge on any atom is 0.0145 e. The van der Waals surface area contributed by atoms with E-state index in [1.807, 2.05) is 0 Å². The molecule has 1 heteroatoms. The van der Waals surface area contributed by atoms with Gasteiger partial charge in [0.1, 0.15) is 0 Å². The van der Waals surface area contributed by atoms with Crippen molar-refractivity contribution in [1.29, 1.82) is 0 Å². The lowest BCUT2D eigenvalue weighted by molar-refractivity contribution is 0.556. The van der Waals surface area contributed by atoms with E-state index < -0.39 is 0 Å². The summed E-state index contributed by atoms with van der Waals surface area (Å²) < 4.78 is 0. The summed E-state index contributed by atoms with van der Waals surface area (Å²) in [6, 6.07) is 16.5. The minimum atomic E-state index is 0.506. The summed E-state index contributed by atoms with van der Waals surface area (Å²) in [7, 11) is 2.08. The van der Waals surface area contributed by atoms with E-state index in [1.165, 1.54) is 36.0 Å². The molecule has 1 atom stereocenters. The standard InChI is InChI=1S/C20H25N/c1-15-5-3-6-16(11-15)13-20(21-2)14-17-9-10-18-7-4-8-19(18)12-17/h3,5-6,9-12,20-21H,4,7-8,13-14H2,1-2H3. The van der Waals surface area contributed by atoms with Crippen LogP contribution in [0.5, 0.6) is 0 Å². The van der Waals surface area contributed by atoms with Crippen LogP contribution in [-0.2, 0) is 25.7 Å². The van der Waals surface area contributed by atoms with Crippen LogP contribution in [0.4, 0.5) is 0 Å². The zero-order valence-corrected chi connectivity index (χ0v) is 13.2. The molecule has 0 aromatic heterocycles. The van der Waals surface area contributed by atoms with E-state index in [9.17, 15) is 0 Å². The van der Waals surface area contributed by atoms with Crippen molar-refractivity contribution in [3.8, 4) is 0 Å². The van der Waals surface area contributed by atoms with Gasteiger partial charge in [0.2, 0.25) is 0 Å². The number of hydrogen-bond acceptors (Lipinski definition) is 1. The molecule has 0 bridgehead atoms. The van der Waals surface area contributed by atoms with Gasteiger partial charge in [-0.1, -0.05) is 48.0 Å². The molecule has 0 amide bonds. The average molecular weight is 279 g/mol. The van der Waals surface area contributed by atoms with Crippen LogP contribution in [0.2, 0.25) is 0 Å². The minimum absolute atomic E-state index is 0.506. The second-order valence-corrected chi connectivity index (χ2v) is 6.34. The second-order valence-electron chi connectivity index (χ2n) is 6.34. The van der Waals surface area contributed by atoms with E-state index in [0.29, 0.717) is 6.04 Å². The topological polar surface area (TPSA) is 12.0 Å². The molecule has 3 rings (SSSR count). The molecule has 1 aliphatic carbocycles. The SMILES string of the molecule is CNC(Cc1cccc(C)c1)Cc1ccc2c(c1)CCC2. The van der Waals surface area contributed by atoms with Gasteiger partial charge in [0.25, 0.3) is 0 Å². The maximum absolute atomic E-state index is 3.49. The first-order valence-corrected chi connectivity index (χ1v) is 8.08. The van der Waals surface area contributed by atoms with Gasteiger partial charge in [-0.05, 0) is 68.3 Å². The second kappa shape index (κ2) is 6.44. The van der Waals surface area contributed by atoms with Gasteiger partial charge in [-0.25, -0.2) is 0 Å². The Morgan fingerprint density at radius 3 is 2.48 bits per heavy atom. The van der Waals surface area contributed by atoms with Crippen molar-refractivity contribution in [1.82, 2.24) is 5.32 Å². The third kappa shape index (κ3) is 3.54. The first-order chi connectivity index (χ1) is 10.2. The number of rotatable bonds is 5. The minimum Gasteiger partial charge on any atom is -0.316 e. The van der Waals surface area contributed by atoms with Gasteiger partial charge in [0.15, 0.2) is 0 Å². The van der Waals surface area contributed by atoms with E-state index in [-0.39, 0.29) is 0 Å². The number of hydrogen-bond donors (Lipinski definition) is 1. The molecule has 1 aliphatic rings. The number of aryl methyl sites for hydroxylation is 3. The molecule has 0 heterocycles. The molecule has 0 spiro atoms. The summed E-state index contributed by atoms with van der Waals surface area (Å²) in [5.74, 6) is 0. The van der Waals surface area contributed by atoms with Crippen molar-refractivity contribution in [3.63, 3.8) is 0 Å². The molecule has 0 radical (unpaired) electrons. The third-order valence-electron chi connectivity index (χ3n) is 4.62. The fourth-order valence-electron chi connectivity index (χ4n) is 3.44. The smallest absolute Gasteiger partial charge is 0.0145 e. The Morgan fingerprint density at radius 1 is 0.952 bits per heavy atom. The van der Waals surface area contributed by atoms with Gasteiger partial charge in [0.05, 0.1) is 0 Å². The first kappa shape index (κ1) is 14.3. The van der Waals surface area contributed by atoms with E-state index in [0.717, 1.165) is 12.8 Å². The Balaban J connectivity index is 1.69. The van der Waals surface area contributed by atoms with E-state index in [4.69, 9.17) is 0 Å². The largest absolute Gasteiger partial charge is 0.316 e. The Bertz CT molecular complexity index is 615. The highest BCUT2D eigenvalue weighted by atomic mass is 14.9. The quantitative estimate of drug-likeness (QED) is 0.876. The summed E-state index contributed by atoms with van der Waals surface area (Å²) >= 11 is 0. The average Bonchev–Trinajstić information content (AvgIpc) is 2.94. The normalized spacial score (nSPS) is 15.0. The van der Waals surface area contributed by atoms with Crippen molar-refractivity contribution in [3.05, 3.63) is 70.3 Å². The van der Waals surface area contributed by atoms with Crippen molar-refractivity contribution in [2.75, 3.05) is 7.05 Å². The monoisotopic (exact) mass is 279 g/mol. The molecule has 1 unspecified atom stereocenters. The van der Waals surface area contributed by atoms with Gasteiger partial charge >= 0.3 is 0 Å². The van der Waals surface area contributed by atoms with Gasteiger partial charge in [-0.3, -0.25) is 0 Å². The van der Waals surface area contributed by atoms with Crippen molar-refractivity contribution < 1.29 is 0 Å². The predicted molar refractivity (Wildman–Crippen MR) is 89.9 cm³/mol. The van der Waals surface area contributed by atoms with Crippen molar-refractivity contribution in [2.24, 2.45) is 0 Å². The summed E-state index contributed by atoms with van der Waals surface area (Å²) in [6.45, 7) is 2.17. The third-order valence-corrected chi connectivity index (χ3v) is 4.62. The zero-order chi connectivity index (χ0) is 14.7. The summed E-state index contributed by atoms with van der Waals surface area (Å²) in [6.07, 6.45) is 6.07. The highest BCUT2D eigenvalue weighted by Crippen LogP contribution is 2.23. The Morgan fingerprint density at radius 2 is 1.71 bits per heavy atom. The van der Waals surface area contributed by atoms with Crippen LogP contribution in [0.25, 0.3) is 0 Å². The van der Waals surface area contributed by atoms with Crippen LogP contribution < -0.4 is 5.32 Å². The molecule has 0 saturated carbocycles. The fourth-order valence-corrected chi connectivity index (χ4v) is 3.44. The molecule has 0 aliphatic heterocycles. The van der Waals surface area contributed by atoms with Crippen LogP contribution in [0.3, 0.4) is 0 Å². The lowest BCUT2D eigenvalue weighted by Gasteiger charge is -2.17. The van der Waals surface area contributed by atoms with Crippen LogP contribution in [0.1, 0.15) is 34.2 Å². The van der Waals surface area contributed by atoms with Crippen molar-refractivity contribution in [2.45, 2.75) is 45.1 Å². The lowest BCUT2D eigenvalue weighted by atomic mass is 9.96. The molecule has 2 aromatic carbocycles. The number of nitrogens with one attached hydrogen (secondary N) is 1. The number of benzene rings is 2. The van der Waals surface area contributed by atoms with Gasteiger partial charge in [-0.2, -0.15) is 0 Å². The number of fused-ring (bicyclic) bond motifs is 1. The van der Waals surface area contributed by atoms with E-state index >= 15 is 0 Å². The van der Waals surface area contributed by atoms with E-state index in [1.54, 1.807) is 11.1 Å². The van der Waals surface area contributed by atoms with Gasteiger partial charge in [-0.15, -0.1) is 0 Å². The van der Waals surface area contributed by atoms with Gasteiger partial charge in [0, 0.05) is 6.04 Å². The molecule has 21 heavy (non-hydrogen) atoms. The van der Waals surface area contributed by atoms with Crippen LogP contribution >= 0.6 is 0 Å². The Labute approximate surface area is 128 Å². The Kier molecular flexibility index (Phi) is 4.40. The zero-order valence-electron chi connectivity index (χ0n) is 13.2. The summed E-state index contributed by atoms with van der Waals surface area (Å²) in [4.78, 5) is 0. The molecular formula is C20H25N. The summed E-state index contributed by atoms with van der Waals surface area (Å²) in [5.41, 5.74) is 7.40. The van der Waals surface area contributed by atoms with Crippen molar-refractivity contribution >= 4 is 0 Å². The number of likely N-dealkylation sites (N-methyl/N-ethyl adjacent to an activating group) is 1. The van der Waals surface area contributed by atoms with Gasteiger partial charge < -0.3 is 5.32 Å². The highest BCUT2D eigenvalue weighted by molar-refractivity contribution is 5.35. The fraction of sp³-hybridized carbons (Fsp3) is 0.400. The molecule has 1 N–H and O–H groups in total. The molecule has 0 saturated heterocycles. The molecule has 0 fully saturated rings. The van der Waals surface area contributed by atoms with Crippen LogP contribution in [0.15, 0.2) is 42.5 Å². The molecular weight excluding hydrogens is 254 g/mol. The first-order valence-electron chi connectivity index (χ1n) is 8.08. The molecule has 2 aromatic rings.